The summed E-state index contributed by atoms with van der Waals surface area (Å²) in [6, 6.07) is 39.6. The van der Waals surface area contributed by atoms with E-state index < -0.39 is 36.8 Å². The van der Waals surface area contributed by atoms with Gasteiger partial charge in [-0.1, -0.05) is 109 Å². The molecular formula is C41H41NO9. The number of hydrogen-bond acceptors (Lipinski definition) is 10. The number of epoxide rings is 1. The predicted molar refractivity (Wildman–Crippen MR) is 183 cm³/mol. The van der Waals surface area contributed by atoms with E-state index in [1.54, 1.807) is 6.07 Å². The summed E-state index contributed by atoms with van der Waals surface area (Å²) < 4.78 is 58.2. The Bertz CT molecular complexity index is 1740. The lowest BCUT2D eigenvalue weighted by atomic mass is 9.97. The van der Waals surface area contributed by atoms with Crippen molar-refractivity contribution < 1.29 is 42.6 Å². The highest BCUT2D eigenvalue weighted by Crippen LogP contribution is 2.44. The fourth-order valence-corrected chi connectivity index (χ4v) is 6.97. The van der Waals surface area contributed by atoms with Crippen LogP contribution < -0.4 is 0 Å². The third kappa shape index (κ3) is 8.08. The lowest BCUT2D eigenvalue weighted by molar-refractivity contribution is -0.342. The fraction of sp³-hybridized carbons (Fsp3) is 0.390. The Labute approximate surface area is 297 Å². The minimum Gasteiger partial charge on any atom is -0.374 e. The van der Waals surface area contributed by atoms with Gasteiger partial charge in [-0.2, -0.15) is 5.26 Å². The van der Waals surface area contributed by atoms with Crippen molar-refractivity contribution in [3.8, 4) is 6.07 Å². The van der Waals surface area contributed by atoms with Gasteiger partial charge in [0.2, 0.25) is 0 Å². The third-order valence-corrected chi connectivity index (χ3v) is 9.67. The quantitative estimate of drug-likeness (QED) is 0.149. The highest BCUT2D eigenvalue weighted by Gasteiger charge is 2.63. The molecule has 4 aliphatic rings. The van der Waals surface area contributed by atoms with E-state index in [0.717, 1.165) is 22.3 Å². The molecule has 10 atom stereocenters. The van der Waals surface area contributed by atoms with Crippen LogP contribution in [-0.2, 0) is 69.1 Å². The second-order valence-corrected chi connectivity index (χ2v) is 13.2. The first-order valence-corrected chi connectivity index (χ1v) is 17.5. The van der Waals surface area contributed by atoms with E-state index in [2.05, 4.69) is 6.07 Å². The molecule has 0 aliphatic carbocycles. The maximum absolute atomic E-state index is 9.85. The van der Waals surface area contributed by atoms with Crippen LogP contribution in [0.5, 0.6) is 0 Å². The minimum absolute atomic E-state index is 0.127. The summed E-state index contributed by atoms with van der Waals surface area (Å²) in [5, 5.41) is 9.85. The van der Waals surface area contributed by atoms with Gasteiger partial charge in [-0.15, -0.1) is 0 Å². The van der Waals surface area contributed by atoms with E-state index in [0.29, 0.717) is 32.0 Å². The van der Waals surface area contributed by atoms with Gasteiger partial charge in [-0.3, -0.25) is 0 Å². The SMILES string of the molecule is N#Cc1ccccc1CO[C@H]1[C@H](O[C@H]2[C@@H]3O[C@@H]3[C@@H]3OC[C@H]2O3)O[C@H](COCc2ccccc2)[C@@H](OCc2ccccc2)[C@@H]1OCc1ccccc1. The molecule has 0 spiro atoms. The second kappa shape index (κ2) is 16.1. The minimum atomic E-state index is -0.919. The molecule has 4 heterocycles. The Hall–Kier alpha value is -3.99. The summed E-state index contributed by atoms with van der Waals surface area (Å²) >= 11 is 0. The lowest BCUT2D eigenvalue weighted by Crippen LogP contribution is -2.63. The van der Waals surface area contributed by atoms with Gasteiger partial charge in [0.1, 0.15) is 48.8 Å². The van der Waals surface area contributed by atoms with Gasteiger partial charge in [-0.25, -0.2) is 0 Å². The van der Waals surface area contributed by atoms with Crippen molar-refractivity contribution in [1.82, 2.24) is 0 Å². The van der Waals surface area contributed by atoms with Crippen LogP contribution in [0.1, 0.15) is 27.8 Å². The van der Waals surface area contributed by atoms with Gasteiger partial charge < -0.3 is 42.6 Å². The monoisotopic (exact) mass is 691 g/mol. The Morgan fingerprint density at radius 2 is 1.20 bits per heavy atom. The van der Waals surface area contributed by atoms with Gasteiger partial charge >= 0.3 is 0 Å². The largest absolute Gasteiger partial charge is 0.374 e. The first kappa shape index (κ1) is 34.1. The maximum Gasteiger partial charge on any atom is 0.187 e. The van der Waals surface area contributed by atoms with Crippen molar-refractivity contribution in [2.75, 3.05) is 13.2 Å². The molecule has 0 aromatic heterocycles. The highest BCUT2D eigenvalue weighted by molar-refractivity contribution is 5.36. The zero-order chi connectivity index (χ0) is 34.4. The van der Waals surface area contributed by atoms with E-state index in [9.17, 15) is 5.26 Å². The van der Waals surface area contributed by atoms with Crippen LogP contribution in [0.4, 0.5) is 0 Å². The summed E-state index contributed by atoms with van der Waals surface area (Å²) in [7, 11) is 0. The van der Waals surface area contributed by atoms with Gasteiger partial charge in [0, 0.05) is 0 Å². The first-order valence-electron chi connectivity index (χ1n) is 17.5. The molecule has 8 rings (SSSR count). The van der Waals surface area contributed by atoms with Gasteiger partial charge in [0.05, 0.1) is 51.3 Å². The van der Waals surface area contributed by atoms with Gasteiger partial charge in [-0.05, 0) is 28.3 Å². The molecule has 51 heavy (non-hydrogen) atoms. The number of ether oxygens (including phenoxy) is 9. The van der Waals surface area contributed by atoms with Crippen molar-refractivity contribution in [1.29, 1.82) is 5.26 Å². The molecule has 4 aromatic carbocycles. The average Bonchev–Trinajstić information content (AvgIpc) is 3.87. The molecule has 10 nitrogen and oxygen atoms in total. The summed E-state index contributed by atoms with van der Waals surface area (Å²) in [6.45, 7) is 1.75. The summed E-state index contributed by atoms with van der Waals surface area (Å²) in [5.41, 5.74) is 4.33. The van der Waals surface area contributed by atoms with Crippen molar-refractivity contribution in [3.05, 3.63) is 143 Å². The van der Waals surface area contributed by atoms with Crippen LogP contribution >= 0.6 is 0 Å². The summed E-state index contributed by atoms with van der Waals surface area (Å²) in [4.78, 5) is 0. The van der Waals surface area contributed by atoms with Crippen LogP contribution in [-0.4, -0.2) is 74.6 Å². The van der Waals surface area contributed by atoms with Crippen molar-refractivity contribution in [2.24, 2.45) is 0 Å². The normalized spacial score (nSPS) is 30.7. The molecule has 2 bridgehead atoms. The molecule has 264 valence electrons. The molecule has 0 amide bonds. The van der Waals surface area contributed by atoms with Crippen LogP contribution in [0.15, 0.2) is 115 Å². The molecule has 0 saturated carbocycles. The number of hydrogen-bond donors (Lipinski definition) is 0. The Balaban J connectivity index is 1.12. The number of fused-ring (bicyclic) bond motifs is 4. The molecule has 0 unspecified atom stereocenters. The van der Waals surface area contributed by atoms with Gasteiger partial charge in [0.15, 0.2) is 12.6 Å². The van der Waals surface area contributed by atoms with E-state index >= 15 is 0 Å². The Kier molecular flexibility index (Phi) is 10.8. The van der Waals surface area contributed by atoms with E-state index in [1.807, 2.05) is 109 Å². The number of benzene rings is 4. The topological polar surface area (TPSA) is 110 Å². The first-order chi connectivity index (χ1) is 25.2. The van der Waals surface area contributed by atoms with Crippen LogP contribution in [0.25, 0.3) is 0 Å². The Morgan fingerprint density at radius 3 is 1.88 bits per heavy atom. The van der Waals surface area contributed by atoms with Gasteiger partial charge in [0.25, 0.3) is 0 Å². The number of nitrogens with zero attached hydrogens (tertiary/aromatic N) is 1. The summed E-state index contributed by atoms with van der Waals surface area (Å²) in [5.74, 6) is 0. The zero-order valence-electron chi connectivity index (χ0n) is 28.1. The molecule has 4 aliphatic heterocycles. The smallest absolute Gasteiger partial charge is 0.187 e. The van der Waals surface area contributed by atoms with Crippen molar-refractivity contribution in [3.63, 3.8) is 0 Å². The molecule has 4 saturated heterocycles. The second-order valence-electron chi connectivity index (χ2n) is 13.2. The fourth-order valence-electron chi connectivity index (χ4n) is 6.97. The Morgan fingerprint density at radius 1 is 0.588 bits per heavy atom. The molecular weight excluding hydrogens is 650 g/mol. The van der Waals surface area contributed by atoms with E-state index in [-0.39, 0.29) is 37.8 Å². The number of rotatable bonds is 15. The summed E-state index contributed by atoms with van der Waals surface area (Å²) in [6.07, 6.45) is -5.07. The lowest BCUT2D eigenvalue weighted by Gasteiger charge is -2.47. The van der Waals surface area contributed by atoms with E-state index in [4.69, 9.17) is 42.6 Å². The molecule has 4 fully saturated rings. The van der Waals surface area contributed by atoms with Crippen molar-refractivity contribution in [2.45, 2.75) is 87.8 Å². The standard InChI is InChI=1S/C41H41NO9/c42-20-30-18-10-11-19-31(30)24-46-38-36(45-23-29-16-8-3-9-17-29)34(44-22-28-14-6-2-7-15-28)32(25-43-21-27-12-4-1-5-13-27)49-41(38)51-35-33-26-47-40(48-33)39-37(35)50-39/h1-19,32-41H,21-26H2/t32-,33-,34-,35-,36+,37+,38-,39+,40-,41+/m1/s1. The molecule has 0 N–H and O–H groups in total. The number of nitriles is 1. The molecule has 4 aromatic rings. The van der Waals surface area contributed by atoms with E-state index in [1.165, 1.54) is 0 Å². The molecule has 10 heteroatoms. The average molecular weight is 692 g/mol. The zero-order valence-corrected chi connectivity index (χ0v) is 28.1. The molecule has 0 radical (unpaired) electrons. The highest BCUT2D eigenvalue weighted by atomic mass is 16.8. The predicted octanol–water partition coefficient (Wildman–Crippen LogP) is 5.46. The third-order valence-electron chi connectivity index (χ3n) is 9.67. The maximum atomic E-state index is 9.85. The van der Waals surface area contributed by atoms with Crippen molar-refractivity contribution >= 4 is 0 Å². The van der Waals surface area contributed by atoms with Crippen LogP contribution in [0, 0.1) is 11.3 Å². The van der Waals surface area contributed by atoms with Crippen LogP contribution in [0.3, 0.4) is 0 Å². The van der Waals surface area contributed by atoms with Crippen LogP contribution in [0.2, 0.25) is 0 Å².